The lowest BCUT2D eigenvalue weighted by Crippen LogP contribution is -2.54. The zero-order valence-corrected chi connectivity index (χ0v) is 14.7. The molecule has 2 N–H and O–H groups in total. The van der Waals surface area contributed by atoms with Crippen LogP contribution in [0.4, 0.5) is 5.69 Å². The zero-order chi connectivity index (χ0) is 19.4. The molecule has 0 atom stereocenters. The molecule has 27 heavy (non-hydrogen) atoms. The lowest BCUT2D eigenvalue weighted by molar-refractivity contribution is -0.139. The highest BCUT2D eigenvalue weighted by Crippen LogP contribution is 2.22. The molecule has 3 rings (SSSR count). The first-order valence-corrected chi connectivity index (χ1v) is 8.27. The van der Waals surface area contributed by atoms with Crippen molar-refractivity contribution in [3.8, 4) is 5.75 Å². The van der Waals surface area contributed by atoms with Crippen molar-refractivity contribution in [3.05, 3.63) is 65.7 Å². The van der Waals surface area contributed by atoms with Crippen LogP contribution < -0.4 is 15.0 Å². The van der Waals surface area contributed by atoms with Gasteiger partial charge >= 0.3 is 5.97 Å². The highest BCUT2D eigenvalue weighted by atomic mass is 32.1. The minimum Gasteiger partial charge on any atom is -0.482 e. The molecule has 0 spiro atoms. The van der Waals surface area contributed by atoms with E-state index in [2.05, 4.69) is 5.32 Å². The predicted molar refractivity (Wildman–Crippen MR) is 102 cm³/mol. The second-order valence-corrected chi connectivity index (χ2v) is 5.93. The number of carbonyl (C=O) groups is 3. The Morgan fingerprint density at radius 2 is 1.78 bits per heavy atom. The number of rotatable bonds is 5. The van der Waals surface area contributed by atoms with Gasteiger partial charge in [0.05, 0.1) is 5.69 Å². The Morgan fingerprint density at radius 1 is 1.11 bits per heavy atom. The Morgan fingerprint density at radius 3 is 2.41 bits per heavy atom. The first kappa shape index (κ1) is 18.3. The molecule has 1 saturated heterocycles. The lowest BCUT2D eigenvalue weighted by Gasteiger charge is -2.28. The van der Waals surface area contributed by atoms with E-state index < -0.39 is 24.4 Å². The number of carboxylic acid groups (broad SMARTS) is 1. The second kappa shape index (κ2) is 7.79. The van der Waals surface area contributed by atoms with Crippen LogP contribution in [0.1, 0.15) is 5.56 Å². The van der Waals surface area contributed by atoms with E-state index in [0.717, 1.165) is 0 Å². The summed E-state index contributed by atoms with van der Waals surface area (Å²) in [7, 11) is 0. The molecule has 0 unspecified atom stereocenters. The predicted octanol–water partition coefficient (Wildman–Crippen LogP) is 1.98. The minimum atomic E-state index is -1.08. The summed E-state index contributed by atoms with van der Waals surface area (Å²) in [6.07, 6.45) is 1.44. The number of hydrogen-bond acceptors (Lipinski definition) is 5. The van der Waals surface area contributed by atoms with Gasteiger partial charge in [0, 0.05) is 0 Å². The highest BCUT2D eigenvalue weighted by Gasteiger charge is 2.34. The van der Waals surface area contributed by atoms with Crippen molar-refractivity contribution in [3.63, 3.8) is 0 Å². The van der Waals surface area contributed by atoms with Gasteiger partial charge in [-0.05, 0) is 48.1 Å². The highest BCUT2D eigenvalue weighted by molar-refractivity contribution is 7.80. The Balaban J connectivity index is 1.86. The number of benzene rings is 2. The van der Waals surface area contributed by atoms with Crippen LogP contribution in [0.5, 0.6) is 5.75 Å². The number of nitrogens with zero attached hydrogens (tertiary/aromatic N) is 1. The van der Waals surface area contributed by atoms with Crippen molar-refractivity contribution in [2.45, 2.75) is 0 Å². The van der Waals surface area contributed by atoms with E-state index in [9.17, 15) is 14.4 Å². The molecule has 1 aliphatic rings. The Kier molecular flexibility index (Phi) is 5.28. The van der Waals surface area contributed by atoms with E-state index in [1.807, 2.05) is 6.07 Å². The summed E-state index contributed by atoms with van der Waals surface area (Å²) in [6, 6.07) is 15.1. The Hall–Kier alpha value is -3.52. The maximum absolute atomic E-state index is 12.8. The molecule has 8 heteroatoms. The zero-order valence-electron chi connectivity index (χ0n) is 13.9. The molecule has 0 bridgehead atoms. The van der Waals surface area contributed by atoms with E-state index >= 15 is 0 Å². The van der Waals surface area contributed by atoms with Crippen LogP contribution in [0, 0.1) is 0 Å². The molecule has 0 saturated carbocycles. The number of nitrogens with one attached hydrogen (secondary N) is 1. The van der Waals surface area contributed by atoms with Crippen molar-refractivity contribution in [2.24, 2.45) is 0 Å². The second-order valence-electron chi connectivity index (χ2n) is 5.54. The van der Waals surface area contributed by atoms with Crippen molar-refractivity contribution in [2.75, 3.05) is 11.5 Å². The van der Waals surface area contributed by atoms with E-state index in [-0.39, 0.29) is 10.7 Å². The molecular formula is C19H14N2O5S. The third-order valence-corrected chi connectivity index (χ3v) is 3.95. The van der Waals surface area contributed by atoms with Gasteiger partial charge in [-0.25, -0.2) is 4.79 Å². The third kappa shape index (κ3) is 4.18. The van der Waals surface area contributed by atoms with Gasteiger partial charge in [0.15, 0.2) is 11.7 Å². The summed E-state index contributed by atoms with van der Waals surface area (Å²) in [5.41, 5.74) is 1.07. The van der Waals surface area contributed by atoms with Crippen LogP contribution in [0.3, 0.4) is 0 Å². The molecule has 136 valence electrons. The fourth-order valence-corrected chi connectivity index (χ4v) is 2.72. The van der Waals surface area contributed by atoms with Crippen molar-refractivity contribution < 1.29 is 24.2 Å². The van der Waals surface area contributed by atoms with Crippen molar-refractivity contribution in [1.82, 2.24) is 5.32 Å². The van der Waals surface area contributed by atoms with Gasteiger partial charge in [-0.15, -0.1) is 0 Å². The molecule has 1 fully saturated rings. The third-order valence-electron chi connectivity index (χ3n) is 3.67. The molecule has 0 radical (unpaired) electrons. The summed E-state index contributed by atoms with van der Waals surface area (Å²) < 4.78 is 5.05. The fourth-order valence-electron chi connectivity index (χ4n) is 2.44. The largest absolute Gasteiger partial charge is 0.482 e. The summed E-state index contributed by atoms with van der Waals surface area (Å²) >= 11 is 5.13. The van der Waals surface area contributed by atoms with E-state index in [1.54, 1.807) is 48.5 Å². The lowest BCUT2D eigenvalue weighted by atomic mass is 10.1. The van der Waals surface area contributed by atoms with E-state index in [1.165, 1.54) is 11.0 Å². The van der Waals surface area contributed by atoms with Gasteiger partial charge < -0.3 is 9.84 Å². The van der Waals surface area contributed by atoms with Gasteiger partial charge in [0.1, 0.15) is 11.3 Å². The summed E-state index contributed by atoms with van der Waals surface area (Å²) in [6.45, 7) is -0.454. The Labute approximate surface area is 159 Å². The molecule has 0 aromatic heterocycles. The molecular weight excluding hydrogens is 368 g/mol. The van der Waals surface area contributed by atoms with Gasteiger partial charge in [-0.3, -0.25) is 19.8 Å². The standard InChI is InChI=1S/C19H14N2O5S/c22-16(23)11-26-14-8-6-12(7-9-14)10-15-17(24)20-19(27)21(18(15)25)13-4-2-1-3-5-13/h1-10H,11H2,(H,22,23)(H,20,24,27)/b15-10+. The molecule has 1 heterocycles. The van der Waals surface area contributed by atoms with Gasteiger partial charge in [0.25, 0.3) is 11.8 Å². The van der Waals surface area contributed by atoms with Crippen molar-refractivity contribution >= 4 is 46.9 Å². The number of aliphatic carboxylic acids is 1. The smallest absolute Gasteiger partial charge is 0.341 e. The number of carbonyl (C=O) groups excluding carboxylic acids is 2. The van der Waals surface area contributed by atoms with Crippen molar-refractivity contribution in [1.29, 1.82) is 0 Å². The van der Waals surface area contributed by atoms with Crippen LogP contribution in [0.15, 0.2) is 60.2 Å². The number of anilines is 1. The molecule has 2 aromatic carbocycles. The van der Waals surface area contributed by atoms with Gasteiger partial charge in [0.2, 0.25) is 0 Å². The average molecular weight is 382 g/mol. The molecule has 2 aromatic rings. The normalized spacial score (nSPS) is 15.6. The fraction of sp³-hybridized carbons (Fsp3) is 0.0526. The number of amides is 2. The van der Waals surface area contributed by atoms with E-state index in [0.29, 0.717) is 17.0 Å². The monoisotopic (exact) mass is 382 g/mol. The topological polar surface area (TPSA) is 95.9 Å². The van der Waals surface area contributed by atoms with E-state index in [4.69, 9.17) is 22.1 Å². The van der Waals surface area contributed by atoms with Crippen LogP contribution >= 0.6 is 12.2 Å². The van der Waals surface area contributed by atoms with Crippen LogP contribution in [-0.2, 0) is 14.4 Å². The summed E-state index contributed by atoms with van der Waals surface area (Å²) in [4.78, 5) is 36.8. The Bertz CT molecular complexity index is 938. The number of carboxylic acids is 1. The number of thiocarbonyl (C=S) groups is 1. The van der Waals surface area contributed by atoms with Crippen LogP contribution in [-0.4, -0.2) is 34.6 Å². The molecule has 2 amide bonds. The van der Waals surface area contributed by atoms with Gasteiger partial charge in [-0.2, -0.15) is 0 Å². The summed E-state index contributed by atoms with van der Waals surface area (Å²) in [5.74, 6) is -1.82. The average Bonchev–Trinajstić information content (AvgIpc) is 2.65. The maximum atomic E-state index is 12.8. The van der Waals surface area contributed by atoms with Gasteiger partial charge in [-0.1, -0.05) is 30.3 Å². The quantitative estimate of drug-likeness (QED) is 0.466. The van der Waals surface area contributed by atoms with Crippen LogP contribution in [0.25, 0.3) is 6.08 Å². The first-order chi connectivity index (χ1) is 13.0. The molecule has 1 aliphatic heterocycles. The minimum absolute atomic E-state index is 0.0192. The summed E-state index contributed by atoms with van der Waals surface area (Å²) in [5, 5.41) is 11.1. The maximum Gasteiger partial charge on any atom is 0.341 e. The number of hydrogen-bond donors (Lipinski definition) is 2. The molecule has 7 nitrogen and oxygen atoms in total. The molecule has 0 aliphatic carbocycles. The number of ether oxygens (including phenoxy) is 1. The first-order valence-electron chi connectivity index (χ1n) is 7.87. The SMILES string of the molecule is O=C(O)COc1ccc(/C=C2\C(=O)NC(=S)N(c3ccccc3)C2=O)cc1. The number of para-hydroxylation sites is 1. The van der Waals surface area contributed by atoms with Crippen LogP contribution in [0.2, 0.25) is 0 Å².